The van der Waals surface area contributed by atoms with E-state index in [0.717, 1.165) is 6.42 Å². The van der Waals surface area contributed by atoms with E-state index in [1.807, 2.05) is 13.8 Å². The second kappa shape index (κ2) is 7.92. The molecule has 100 valence electrons. The van der Waals surface area contributed by atoms with Gasteiger partial charge in [-0.2, -0.15) is 0 Å². The summed E-state index contributed by atoms with van der Waals surface area (Å²) in [6.45, 7) is 7.94. The molecule has 0 saturated carbocycles. The maximum Gasteiger partial charge on any atom is 0.315 e. The highest BCUT2D eigenvalue weighted by atomic mass is 16.4. The van der Waals surface area contributed by atoms with Crippen LogP contribution in [0.4, 0.5) is 4.79 Å². The first-order chi connectivity index (χ1) is 7.90. The maximum atomic E-state index is 11.6. The maximum absolute atomic E-state index is 11.6. The largest absolute Gasteiger partial charge is 0.481 e. The van der Waals surface area contributed by atoms with Crippen LogP contribution >= 0.6 is 0 Å². The Kier molecular flexibility index (Phi) is 7.34. The van der Waals surface area contributed by atoms with Gasteiger partial charge in [0.15, 0.2) is 0 Å². The molecule has 0 aliphatic carbocycles. The molecular weight excluding hydrogens is 220 g/mol. The smallest absolute Gasteiger partial charge is 0.315 e. The molecule has 0 spiro atoms. The Hall–Kier alpha value is -1.26. The van der Waals surface area contributed by atoms with E-state index in [1.165, 1.54) is 0 Å². The van der Waals surface area contributed by atoms with Crippen LogP contribution in [0.15, 0.2) is 0 Å². The number of nitrogens with one attached hydrogen (secondary N) is 2. The van der Waals surface area contributed by atoms with Crippen molar-refractivity contribution >= 4 is 12.0 Å². The van der Waals surface area contributed by atoms with Gasteiger partial charge in [0, 0.05) is 12.1 Å². The molecule has 2 amide bonds. The number of rotatable bonds is 7. The minimum absolute atomic E-state index is 0.0400. The van der Waals surface area contributed by atoms with Gasteiger partial charge in [0.05, 0.1) is 6.42 Å². The molecular formula is C12H24N2O3. The van der Waals surface area contributed by atoms with Gasteiger partial charge in [-0.15, -0.1) is 0 Å². The van der Waals surface area contributed by atoms with Gasteiger partial charge in [0.2, 0.25) is 0 Å². The second-order valence-electron chi connectivity index (χ2n) is 4.50. The topological polar surface area (TPSA) is 78.4 Å². The van der Waals surface area contributed by atoms with Crippen molar-refractivity contribution in [2.45, 2.75) is 59.0 Å². The number of carboxylic acid groups (broad SMARTS) is 1. The lowest BCUT2D eigenvalue weighted by molar-refractivity contribution is -0.137. The average Bonchev–Trinajstić information content (AvgIpc) is 2.25. The third kappa shape index (κ3) is 6.81. The number of hydrogen-bond acceptors (Lipinski definition) is 2. The zero-order valence-corrected chi connectivity index (χ0v) is 11.1. The first-order valence-electron chi connectivity index (χ1n) is 6.19. The molecule has 0 aliphatic rings. The van der Waals surface area contributed by atoms with Crippen LogP contribution in [0.5, 0.6) is 0 Å². The minimum Gasteiger partial charge on any atom is -0.481 e. The molecule has 17 heavy (non-hydrogen) atoms. The molecule has 5 heteroatoms. The molecule has 0 aromatic heterocycles. The lowest BCUT2D eigenvalue weighted by atomic mass is 10.0. The molecule has 0 radical (unpaired) electrons. The van der Waals surface area contributed by atoms with Crippen LogP contribution in [-0.4, -0.2) is 29.2 Å². The molecule has 3 unspecified atom stereocenters. The van der Waals surface area contributed by atoms with Crippen molar-refractivity contribution in [2.75, 3.05) is 0 Å². The fraction of sp³-hybridized carbons (Fsp3) is 0.833. The van der Waals surface area contributed by atoms with Crippen molar-refractivity contribution in [1.29, 1.82) is 0 Å². The first-order valence-corrected chi connectivity index (χ1v) is 6.19. The SMILES string of the molecule is CCC(CC(=O)O)NC(=O)NC(C)C(C)CC. The fourth-order valence-electron chi connectivity index (χ4n) is 1.44. The zero-order chi connectivity index (χ0) is 13.4. The molecule has 3 atom stereocenters. The van der Waals surface area contributed by atoms with Gasteiger partial charge in [0.1, 0.15) is 0 Å². The van der Waals surface area contributed by atoms with Gasteiger partial charge in [-0.3, -0.25) is 4.79 Å². The predicted molar refractivity (Wildman–Crippen MR) is 66.9 cm³/mol. The molecule has 0 fully saturated rings. The van der Waals surface area contributed by atoms with Crippen molar-refractivity contribution in [3.8, 4) is 0 Å². The Labute approximate surface area is 103 Å². The summed E-state index contributed by atoms with van der Waals surface area (Å²) in [5.74, 6) is -0.493. The van der Waals surface area contributed by atoms with Crippen LogP contribution in [0.3, 0.4) is 0 Å². The quantitative estimate of drug-likeness (QED) is 0.640. The van der Waals surface area contributed by atoms with E-state index in [-0.39, 0.29) is 24.5 Å². The molecule has 0 aromatic carbocycles. The summed E-state index contributed by atoms with van der Waals surface area (Å²) in [5, 5.41) is 14.2. The Balaban J connectivity index is 4.10. The third-order valence-corrected chi connectivity index (χ3v) is 3.11. The summed E-state index contributed by atoms with van der Waals surface area (Å²) >= 11 is 0. The Morgan fingerprint density at radius 1 is 1.12 bits per heavy atom. The number of aliphatic carboxylic acids is 1. The second-order valence-corrected chi connectivity index (χ2v) is 4.50. The van der Waals surface area contributed by atoms with Crippen LogP contribution < -0.4 is 10.6 Å². The van der Waals surface area contributed by atoms with Crippen LogP contribution in [0.2, 0.25) is 0 Å². The molecule has 3 N–H and O–H groups in total. The zero-order valence-electron chi connectivity index (χ0n) is 11.1. The summed E-state index contributed by atoms with van der Waals surface area (Å²) in [7, 11) is 0. The number of carbonyl (C=O) groups excluding carboxylic acids is 1. The van der Waals surface area contributed by atoms with Crippen molar-refractivity contribution in [1.82, 2.24) is 10.6 Å². The third-order valence-electron chi connectivity index (χ3n) is 3.11. The van der Waals surface area contributed by atoms with Crippen LogP contribution in [-0.2, 0) is 4.79 Å². The number of amides is 2. The standard InChI is InChI=1S/C12H24N2O3/c1-5-8(3)9(4)13-12(17)14-10(6-2)7-11(15)16/h8-10H,5-7H2,1-4H3,(H,15,16)(H2,13,14,17). The Morgan fingerprint density at radius 2 is 1.71 bits per heavy atom. The highest BCUT2D eigenvalue weighted by Gasteiger charge is 2.17. The van der Waals surface area contributed by atoms with E-state index in [9.17, 15) is 9.59 Å². The van der Waals surface area contributed by atoms with Gasteiger partial charge < -0.3 is 15.7 Å². The van der Waals surface area contributed by atoms with Crippen LogP contribution in [0.25, 0.3) is 0 Å². The molecule has 5 nitrogen and oxygen atoms in total. The average molecular weight is 244 g/mol. The number of urea groups is 1. The van der Waals surface area contributed by atoms with Gasteiger partial charge in [-0.05, 0) is 19.3 Å². The molecule has 0 aromatic rings. The molecule has 0 aliphatic heterocycles. The van der Waals surface area contributed by atoms with E-state index in [4.69, 9.17) is 5.11 Å². The lowest BCUT2D eigenvalue weighted by Crippen LogP contribution is -2.47. The van der Waals surface area contributed by atoms with E-state index in [1.54, 1.807) is 0 Å². The van der Waals surface area contributed by atoms with E-state index in [2.05, 4.69) is 24.5 Å². The minimum atomic E-state index is -0.896. The summed E-state index contributed by atoms with van der Waals surface area (Å²) in [6, 6.07) is -0.509. The van der Waals surface area contributed by atoms with Gasteiger partial charge in [0.25, 0.3) is 0 Å². The Bertz CT molecular complexity index is 256. The van der Waals surface area contributed by atoms with Crippen LogP contribution in [0, 0.1) is 5.92 Å². The Morgan fingerprint density at radius 3 is 2.12 bits per heavy atom. The summed E-state index contributed by atoms with van der Waals surface area (Å²) in [5.41, 5.74) is 0. The summed E-state index contributed by atoms with van der Waals surface area (Å²) in [6.07, 6.45) is 1.56. The molecule has 0 heterocycles. The van der Waals surface area contributed by atoms with Gasteiger partial charge in [-0.1, -0.05) is 27.2 Å². The van der Waals surface area contributed by atoms with Crippen molar-refractivity contribution in [2.24, 2.45) is 5.92 Å². The van der Waals surface area contributed by atoms with Crippen molar-refractivity contribution in [3.63, 3.8) is 0 Å². The number of hydrogen-bond donors (Lipinski definition) is 3. The molecule has 0 saturated heterocycles. The van der Waals surface area contributed by atoms with Crippen LogP contribution in [0.1, 0.15) is 47.0 Å². The van der Waals surface area contributed by atoms with Gasteiger partial charge >= 0.3 is 12.0 Å². The fourth-order valence-corrected chi connectivity index (χ4v) is 1.44. The summed E-state index contributed by atoms with van der Waals surface area (Å²) < 4.78 is 0. The normalized spacial score (nSPS) is 15.8. The molecule has 0 rings (SSSR count). The predicted octanol–water partition coefficient (Wildman–Crippen LogP) is 1.97. The van der Waals surface area contributed by atoms with E-state index < -0.39 is 5.97 Å². The van der Waals surface area contributed by atoms with Crippen molar-refractivity contribution < 1.29 is 14.7 Å². The highest BCUT2D eigenvalue weighted by molar-refractivity contribution is 5.76. The number of carbonyl (C=O) groups is 2. The monoisotopic (exact) mass is 244 g/mol. The summed E-state index contributed by atoms with van der Waals surface area (Å²) in [4.78, 5) is 22.2. The van der Waals surface area contributed by atoms with E-state index in [0.29, 0.717) is 12.3 Å². The number of carboxylic acids is 1. The molecule has 0 bridgehead atoms. The van der Waals surface area contributed by atoms with Crippen molar-refractivity contribution in [3.05, 3.63) is 0 Å². The lowest BCUT2D eigenvalue weighted by Gasteiger charge is -2.22. The first kappa shape index (κ1) is 15.7. The van der Waals surface area contributed by atoms with Gasteiger partial charge in [-0.25, -0.2) is 4.79 Å². The highest BCUT2D eigenvalue weighted by Crippen LogP contribution is 2.06. The van der Waals surface area contributed by atoms with E-state index >= 15 is 0 Å².